The predicted molar refractivity (Wildman–Crippen MR) is 112 cm³/mol. The number of likely N-dealkylation sites (tertiary alicyclic amines) is 1. The highest BCUT2D eigenvalue weighted by Crippen LogP contribution is 2.35. The fourth-order valence-corrected chi connectivity index (χ4v) is 4.52. The van der Waals surface area contributed by atoms with Crippen LogP contribution in [0.4, 0.5) is 5.69 Å². The molecule has 0 aliphatic carbocycles. The number of rotatable bonds is 5. The molecule has 1 N–H and O–H groups in total. The topological polar surface area (TPSA) is 71.4 Å². The first kappa shape index (κ1) is 19.4. The number of amides is 2. The average Bonchev–Trinajstić information content (AvgIpc) is 2.70. The molecule has 1 fully saturated rings. The van der Waals surface area contributed by atoms with Gasteiger partial charge in [-0.25, -0.2) is 0 Å². The van der Waals surface area contributed by atoms with Gasteiger partial charge < -0.3 is 14.8 Å². The molecule has 2 aromatic rings. The van der Waals surface area contributed by atoms with Gasteiger partial charge in [-0.1, -0.05) is 23.8 Å². The fraction of sp³-hybridized carbons (Fsp3) is 0.435. The normalized spacial score (nSPS) is 20.1. The van der Waals surface area contributed by atoms with Gasteiger partial charge in [0.15, 0.2) is 0 Å². The molecule has 1 saturated heterocycles. The Hall–Kier alpha value is -2.89. The molecule has 4 rings (SSSR count). The highest BCUT2D eigenvalue weighted by atomic mass is 16.2. The van der Waals surface area contributed by atoms with Crippen molar-refractivity contribution in [2.45, 2.75) is 45.1 Å². The van der Waals surface area contributed by atoms with Crippen molar-refractivity contribution in [2.75, 3.05) is 18.4 Å². The van der Waals surface area contributed by atoms with Gasteiger partial charge in [-0.05, 0) is 43.9 Å². The van der Waals surface area contributed by atoms with Gasteiger partial charge in [-0.2, -0.15) is 0 Å². The molecule has 2 aliphatic heterocycles. The van der Waals surface area contributed by atoms with Crippen molar-refractivity contribution < 1.29 is 9.59 Å². The molecule has 0 spiro atoms. The van der Waals surface area contributed by atoms with E-state index in [0.29, 0.717) is 44.8 Å². The number of nitrogens with one attached hydrogen (secondary N) is 1. The third kappa shape index (κ3) is 4.42. The molecule has 0 unspecified atom stereocenters. The summed E-state index contributed by atoms with van der Waals surface area (Å²) < 4.78 is 1.87. The van der Waals surface area contributed by atoms with Crippen LogP contribution in [0.1, 0.15) is 42.9 Å². The predicted octanol–water partition coefficient (Wildman–Crippen LogP) is 2.91. The molecule has 152 valence electrons. The zero-order valence-corrected chi connectivity index (χ0v) is 16.8. The molecule has 2 aliphatic rings. The van der Waals surface area contributed by atoms with E-state index in [1.165, 1.54) is 0 Å². The van der Waals surface area contributed by atoms with Crippen LogP contribution in [0.2, 0.25) is 0 Å². The summed E-state index contributed by atoms with van der Waals surface area (Å²) in [6, 6.07) is 13.1. The standard InChI is InChI=1S/C23H27N3O3/c1-16-8-10-19(11-9-16)24-21(27)5-3-6-22(28)25-13-17-12-18(15-25)20-4-2-7-23(29)26(20)14-17/h2,4,7-11,17-18H,3,5-6,12-15H2,1H3,(H,24,27)/t17-,18-/m1/s1. The van der Waals surface area contributed by atoms with E-state index in [0.717, 1.165) is 23.4 Å². The summed E-state index contributed by atoms with van der Waals surface area (Å²) in [5.74, 6) is 0.598. The molecule has 0 radical (unpaired) electrons. The number of carbonyl (C=O) groups is 2. The molecular weight excluding hydrogens is 366 g/mol. The average molecular weight is 393 g/mol. The van der Waals surface area contributed by atoms with Crippen LogP contribution >= 0.6 is 0 Å². The van der Waals surface area contributed by atoms with Crippen LogP contribution in [-0.2, 0) is 16.1 Å². The van der Waals surface area contributed by atoms with Gasteiger partial charge >= 0.3 is 0 Å². The number of hydrogen-bond donors (Lipinski definition) is 1. The van der Waals surface area contributed by atoms with Crippen LogP contribution in [0.15, 0.2) is 47.3 Å². The van der Waals surface area contributed by atoms with Gasteiger partial charge in [0, 0.05) is 55.8 Å². The van der Waals surface area contributed by atoms with Crippen LogP contribution in [0, 0.1) is 12.8 Å². The van der Waals surface area contributed by atoms with E-state index >= 15 is 0 Å². The number of pyridine rings is 1. The van der Waals surface area contributed by atoms with Gasteiger partial charge in [-0.3, -0.25) is 14.4 Å². The van der Waals surface area contributed by atoms with E-state index in [-0.39, 0.29) is 23.3 Å². The second-order valence-corrected chi connectivity index (χ2v) is 8.26. The minimum atomic E-state index is -0.0644. The maximum atomic E-state index is 12.7. The summed E-state index contributed by atoms with van der Waals surface area (Å²) in [7, 11) is 0. The molecule has 2 amide bonds. The Morgan fingerprint density at radius 3 is 2.62 bits per heavy atom. The van der Waals surface area contributed by atoms with E-state index in [4.69, 9.17) is 0 Å². The third-order valence-electron chi connectivity index (χ3n) is 5.96. The summed E-state index contributed by atoms with van der Waals surface area (Å²) >= 11 is 0. The Kier molecular flexibility index (Phi) is 5.51. The minimum Gasteiger partial charge on any atom is -0.342 e. The number of anilines is 1. The summed E-state index contributed by atoms with van der Waals surface area (Å²) in [5.41, 5.74) is 3.03. The molecule has 1 aromatic carbocycles. The summed E-state index contributed by atoms with van der Waals surface area (Å²) in [6.07, 6.45) is 2.28. The first-order valence-electron chi connectivity index (χ1n) is 10.3. The third-order valence-corrected chi connectivity index (χ3v) is 5.96. The van der Waals surface area contributed by atoms with E-state index in [2.05, 4.69) is 5.32 Å². The molecule has 2 bridgehead atoms. The molecule has 6 heteroatoms. The Morgan fingerprint density at radius 1 is 1.03 bits per heavy atom. The van der Waals surface area contributed by atoms with Gasteiger partial charge in [-0.15, -0.1) is 0 Å². The molecule has 2 atom stereocenters. The van der Waals surface area contributed by atoms with Crippen LogP contribution < -0.4 is 10.9 Å². The van der Waals surface area contributed by atoms with Crippen molar-refractivity contribution in [3.05, 3.63) is 64.1 Å². The van der Waals surface area contributed by atoms with Crippen molar-refractivity contribution in [1.82, 2.24) is 9.47 Å². The number of hydrogen-bond acceptors (Lipinski definition) is 3. The minimum absolute atomic E-state index is 0.0524. The number of aryl methyl sites for hydroxylation is 1. The van der Waals surface area contributed by atoms with E-state index in [1.807, 2.05) is 52.8 Å². The van der Waals surface area contributed by atoms with Crippen LogP contribution in [0.3, 0.4) is 0 Å². The molecule has 3 heterocycles. The van der Waals surface area contributed by atoms with Crippen molar-refractivity contribution in [3.63, 3.8) is 0 Å². The second-order valence-electron chi connectivity index (χ2n) is 8.26. The number of carbonyl (C=O) groups excluding carboxylic acids is 2. The number of nitrogens with zero attached hydrogens (tertiary/aromatic N) is 2. The Balaban J connectivity index is 1.28. The lowest BCUT2D eigenvalue weighted by molar-refractivity contribution is -0.134. The van der Waals surface area contributed by atoms with Crippen LogP contribution in [0.25, 0.3) is 0 Å². The highest BCUT2D eigenvalue weighted by molar-refractivity contribution is 5.91. The monoisotopic (exact) mass is 393 g/mol. The van der Waals surface area contributed by atoms with Gasteiger partial charge in [0.25, 0.3) is 5.56 Å². The fourth-order valence-electron chi connectivity index (χ4n) is 4.52. The first-order chi connectivity index (χ1) is 14.0. The number of benzene rings is 1. The van der Waals surface area contributed by atoms with Gasteiger partial charge in [0.05, 0.1) is 0 Å². The lowest BCUT2D eigenvalue weighted by atomic mass is 9.83. The van der Waals surface area contributed by atoms with Crippen molar-refractivity contribution in [2.24, 2.45) is 5.92 Å². The lowest BCUT2D eigenvalue weighted by Crippen LogP contribution is -2.49. The summed E-state index contributed by atoms with van der Waals surface area (Å²) in [5, 5.41) is 2.87. The van der Waals surface area contributed by atoms with Crippen molar-refractivity contribution >= 4 is 17.5 Å². The lowest BCUT2D eigenvalue weighted by Gasteiger charge is -2.42. The maximum absolute atomic E-state index is 12.7. The smallest absolute Gasteiger partial charge is 0.250 e. The SMILES string of the molecule is Cc1ccc(NC(=O)CCCC(=O)N2C[C@H]3C[C@H](C2)c2cccc(=O)n2C3)cc1. The largest absolute Gasteiger partial charge is 0.342 e. The van der Waals surface area contributed by atoms with E-state index in [1.54, 1.807) is 6.07 Å². The van der Waals surface area contributed by atoms with Crippen LogP contribution in [-0.4, -0.2) is 34.4 Å². The molecular formula is C23H27N3O3. The van der Waals surface area contributed by atoms with E-state index < -0.39 is 0 Å². The number of piperidine rings is 1. The number of fused-ring (bicyclic) bond motifs is 4. The highest BCUT2D eigenvalue weighted by Gasteiger charge is 2.35. The zero-order valence-electron chi connectivity index (χ0n) is 16.8. The van der Waals surface area contributed by atoms with Crippen molar-refractivity contribution in [3.8, 4) is 0 Å². The number of aromatic nitrogens is 1. The Labute approximate surface area is 170 Å². The van der Waals surface area contributed by atoms with Crippen LogP contribution in [0.5, 0.6) is 0 Å². The first-order valence-corrected chi connectivity index (χ1v) is 10.3. The molecule has 29 heavy (non-hydrogen) atoms. The molecule has 0 saturated carbocycles. The Morgan fingerprint density at radius 2 is 1.83 bits per heavy atom. The quantitative estimate of drug-likeness (QED) is 0.849. The van der Waals surface area contributed by atoms with E-state index in [9.17, 15) is 14.4 Å². The molecule has 1 aromatic heterocycles. The zero-order chi connectivity index (χ0) is 20.4. The summed E-state index contributed by atoms with van der Waals surface area (Å²) in [6.45, 7) is 4.05. The second kappa shape index (κ2) is 8.23. The van der Waals surface area contributed by atoms with Gasteiger partial charge in [0.1, 0.15) is 0 Å². The van der Waals surface area contributed by atoms with Crippen molar-refractivity contribution in [1.29, 1.82) is 0 Å². The maximum Gasteiger partial charge on any atom is 0.250 e. The Bertz CT molecular complexity index is 964. The van der Waals surface area contributed by atoms with Gasteiger partial charge in [0.2, 0.25) is 11.8 Å². The summed E-state index contributed by atoms with van der Waals surface area (Å²) in [4.78, 5) is 38.9. The molecule has 6 nitrogen and oxygen atoms in total.